The molecule has 1 heterocycles. The second kappa shape index (κ2) is 6.31. The summed E-state index contributed by atoms with van der Waals surface area (Å²) in [5, 5.41) is 2.93. The highest BCUT2D eigenvalue weighted by Crippen LogP contribution is 2.30. The van der Waals surface area contributed by atoms with Crippen molar-refractivity contribution in [2.24, 2.45) is 4.99 Å². The zero-order valence-corrected chi connectivity index (χ0v) is 12.7. The molecule has 1 amide bonds. The zero-order valence-electron chi connectivity index (χ0n) is 10.5. The van der Waals surface area contributed by atoms with Crippen molar-refractivity contribution >= 4 is 45.6 Å². The lowest BCUT2D eigenvalue weighted by Crippen LogP contribution is -2.14. The Morgan fingerprint density at radius 1 is 1.39 bits per heavy atom. The van der Waals surface area contributed by atoms with Crippen LogP contribution < -0.4 is 5.32 Å². The fraction of sp³-hybridized carbons (Fsp3) is 0.429. The molecule has 3 nitrogen and oxygen atoms in total. The molecule has 0 saturated carbocycles. The molecule has 0 saturated heterocycles. The summed E-state index contributed by atoms with van der Waals surface area (Å²) in [6, 6.07) is 5.96. The van der Waals surface area contributed by atoms with Crippen molar-refractivity contribution in [3.05, 3.63) is 21.8 Å². The maximum absolute atomic E-state index is 11.8. The molecule has 1 aromatic carbocycles. The smallest absolute Gasteiger partial charge is 0.230 e. The van der Waals surface area contributed by atoms with Crippen molar-refractivity contribution in [1.82, 2.24) is 0 Å². The van der Waals surface area contributed by atoms with Crippen molar-refractivity contribution < 1.29 is 4.79 Å². The van der Waals surface area contributed by atoms with Gasteiger partial charge in [-0.05, 0) is 53.6 Å². The topological polar surface area (TPSA) is 41.5 Å². The number of nitrogens with zero attached hydrogens (tertiary/aromatic N) is 1. The highest BCUT2D eigenvalue weighted by atomic mass is 127. The van der Waals surface area contributed by atoms with Gasteiger partial charge in [0.15, 0.2) is 0 Å². The van der Waals surface area contributed by atoms with Crippen molar-refractivity contribution in [3.8, 4) is 0 Å². The Hall–Kier alpha value is -0.910. The van der Waals surface area contributed by atoms with Crippen molar-refractivity contribution in [3.63, 3.8) is 0 Å². The van der Waals surface area contributed by atoms with Crippen LogP contribution in [-0.2, 0) is 4.79 Å². The average Bonchev–Trinajstić information content (AvgIpc) is 2.47. The summed E-state index contributed by atoms with van der Waals surface area (Å²) in [4.78, 5) is 16.4. The van der Waals surface area contributed by atoms with Crippen LogP contribution in [-0.4, -0.2) is 11.6 Å². The van der Waals surface area contributed by atoms with E-state index in [-0.39, 0.29) is 5.91 Å². The van der Waals surface area contributed by atoms with Gasteiger partial charge in [-0.15, -0.1) is 0 Å². The number of anilines is 1. The van der Waals surface area contributed by atoms with E-state index in [1.807, 2.05) is 18.2 Å². The number of aliphatic imine (C=N–C) groups is 1. The van der Waals surface area contributed by atoms with E-state index in [0.717, 1.165) is 33.5 Å². The first kappa shape index (κ1) is 13.5. The fourth-order valence-corrected chi connectivity index (χ4v) is 2.51. The van der Waals surface area contributed by atoms with Crippen LogP contribution in [0.15, 0.2) is 23.2 Å². The molecule has 96 valence electrons. The van der Waals surface area contributed by atoms with Gasteiger partial charge in [-0.1, -0.05) is 19.8 Å². The standard InChI is InChI=1S/C14H17IN2O/c1-2-3-4-5-11-9-14(18)17-13-8-10(15)6-7-12(13)16-11/h6-8H,2-5,9H2,1H3,(H,17,18). The number of amides is 1. The lowest BCUT2D eigenvalue weighted by molar-refractivity contribution is -0.115. The Balaban J connectivity index is 2.21. The van der Waals surface area contributed by atoms with E-state index >= 15 is 0 Å². The molecule has 0 aromatic heterocycles. The molecular weight excluding hydrogens is 339 g/mol. The maximum Gasteiger partial charge on any atom is 0.230 e. The molecule has 1 aromatic rings. The summed E-state index contributed by atoms with van der Waals surface area (Å²) in [7, 11) is 0. The lowest BCUT2D eigenvalue weighted by atomic mass is 10.1. The van der Waals surface area contributed by atoms with E-state index in [4.69, 9.17) is 0 Å². The van der Waals surface area contributed by atoms with Gasteiger partial charge in [-0.2, -0.15) is 0 Å². The van der Waals surface area contributed by atoms with Crippen LogP contribution in [0.5, 0.6) is 0 Å². The van der Waals surface area contributed by atoms with Crippen LogP contribution in [0.2, 0.25) is 0 Å². The third-order valence-electron chi connectivity index (χ3n) is 2.94. The van der Waals surface area contributed by atoms with Gasteiger partial charge < -0.3 is 5.32 Å². The predicted octanol–water partition coefficient (Wildman–Crippen LogP) is 4.29. The summed E-state index contributed by atoms with van der Waals surface area (Å²) in [5.41, 5.74) is 2.71. The van der Waals surface area contributed by atoms with Gasteiger partial charge in [0.25, 0.3) is 0 Å². The molecule has 1 N–H and O–H groups in total. The number of carbonyl (C=O) groups is 1. The minimum atomic E-state index is 0.0472. The number of rotatable bonds is 4. The molecule has 4 heteroatoms. The largest absolute Gasteiger partial charge is 0.324 e. The quantitative estimate of drug-likeness (QED) is 0.635. The molecule has 18 heavy (non-hydrogen) atoms. The van der Waals surface area contributed by atoms with Gasteiger partial charge in [0.1, 0.15) is 0 Å². The van der Waals surface area contributed by atoms with E-state index in [1.54, 1.807) is 0 Å². The normalized spacial score (nSPS) is 14.6. The molecule has 0 spiro atoms. The summed E-state index contributed by atoms with van der Waals surface area (Å²) in [6.07, 6.45) is 4.85. The highest BCUT2D eigenvalue weighted by molar-refractivity contribution is 14.1. The molecule has 0 unspecified atom stereocenters. The second-order valence-electron chi connectivity index (χ2n) is 4.52. The zero-order chi connectivity index (χ0) is 13.0. The fourth-order valence-electron chi connectivity index (χ4n) is 2.02. The Kier molecular flexibility index (Phi) is 4.74. The minimum Gasteiger partial charge on any atom is -0.324 e. The van der Waals surface area contributed by atoms with Gasteiger partial charge in [0, 0.05) is 9.28 Å². The maximum atomic E-state index is 11.8. The molecule has 0 atom stereocenters. The Morgan fingerprint density at radius 3 is 3.00 bits per heavy atom. The molecule has 0 aliphatic carbocycles. The number of halogens is 1. The number of carbonyl (C=O) groups excluding carboxylic acids is 1. The molecule has 0 radical (unpaired) electrons. The van der Waals surface area contributed by atoms with Crippen LogP contribution in [0, 0.1) is 3.57 Å². The van der Waals surface area contributed by atoms with Crippen molar-refractivity contribution in [2.75, 3.05) is 5.32 Å². The van der Waals surface area contributed by atoms with E-state index in [9.17, 15) is 4.79 Å². The van der Waals surface area contributed by atoms with Crippen LogP contribution in [0.25, 0.3) is 0 Å². The number of benzene rings is 1. The van der Waals surface area contributed by atoms with Gasteiger partial charge in [0.2, 0.25) is 5.91 Å². The van der Waals surface area contributed by atoms with Gasteiger partial charge in [0.05, 0.1) is 17.8 Å². The van der Waals surface area contributed by atoms with Crippen LogP contribution in [0.1, 0.15) is 39.0 Å². The minimum absolute atomic E-state index is 0.0472. The predicted molar refractivity (Wildman–Crippen MR) is 83.6 cm³/mol. The van der Waals surface area contributed by atoms with Crippen molar-refractivity contribution in [2.45, 2.75) is 39.0 Å². The number of hydrogen-bond acceptors (Lipinski definition) is 2. The van der Waals surface area contributed by atoms with E-state index in [2.05, 4.69) is 39.8 Å². The number of hydrogen-bond donors (Lipinski definition) is 1. The average molecular weight is 356 g/mol. The summed E-state index contributed by atoms with van der Waals surface area (Å²) in [5.74, 6) is 0.0472. The van der Waals surface area contributed by atoms with Crippen LogP contribution >= 0.6 is 22.6 Å². The molecule has 1 aliphatic rings. The molecule has 1 aliphatic heterocycles. The Bertz CT molecular complexity index is 483. The number of fused-ring (bicyclic) bond motifs is 1. The van der Waals surface area contributed by atoms with Gasteiger partial charge >= 0.3 is 0 Å². The monoisotopic (exact) mass is 356 g/mol. The second-order valence-corrected chi connectivity index (χ2v) is 5.77. The molecule has 0 fully saturated rings. The van der Waals surface area contributed by atoms with Gasteiger partial charge in [-0.3, -0.25) is 9.79 Å². The van der Waals surface area contributed by atoms with E-state index < -0.39 is 0 Å². The summed E-state index contributed by atoms with van der Waals surface area (Å²) < 4.78 is 1.11. The SMILES string of the molecule is CCCCCC1=Nc2ccc(I)cc2NC(=O)C1. The van der Waals surface area contributed by atoms with Gasteiger partial charge in [-0.25, -0.2) is 0 Å². The first-order valence-electron chi connectivity index (χ1n) is 6.35. The lowest BCUT2D eigenvalue weighted by Gasteiger charge is -2.04. The Labute approximate surface area is 121 Å². The summed E-state index contributed by atoms with van der Waals surface area (Å²) in [6.45, 7) is 2.18. The third kappa shape index (κ3) is 3.54. The number of unbranched alkanes of at least 4 members (excludes halogenated alkanes) is 2. The van der Waals surface area contributed by atoms with E-state index in [1.165, 1.54) is 12.8 Å². The van der Waals surface area contributed by atoms with Crippen LogP contribution in [0.4, 0.5) is 11.4 Å². The Morgan fingerprint density at radius 2 is 2.22 bits per heavy atom. The molecular formula is C14H17IN2O. The van der Waals surface area contributed by atoms with Crippen molar-refractivity contribution in [1.29, 1.82) is 0 Å². The molecule has 0 bridgehead atoms. The highest BCUT2D eigenvalue weighted by Gasteiger charge is 2.15. The van der Waals surface area contributed by atoms with Crippen LogP contribution in [0.3, 0.4) is 0 Å². The molecule has 2 rings (SSSR count). The first-order chi connectivity index (χ1) is 8.69. The number of nitrogens with one attached hydrogen (secondary N) is 1. The first-order valence-corrected chi connectivity index (χ1v) is 7.42. The summed E-state index contributed by atoms with van der Waals surface area (Å²) >= 11 is 2.24. The third-order valence-corrected chi connectivity index (χ3v) is 3.62. The van der Waals surface area contributed by atoms with E-state index in [0.29, 0.717) is 6.42 Å².